The van der Waals surface area contributed by atoms with Crippen molar-refractivity contribution in [2.24, 2.45) is 0 Å². The number of thiophene rings is 1. The van der Waals surface area contributed by atoms with Gasteiger partial charge in [0.05, 0.1) is 16.3 Å². The van der Waals surface area contributed by atoms with E-state index in [1.807, 2.05) is 0 Å². The Bertz CT molecular complexity index is 1070. The van der Waals surface area contributed by atoms with Crippen LogP contribution in [-0.2, 0) is 23.8 Å². The lowest BCUT2D eigenvalue weighted by atomic mass is 10.2. The maximum Gasteiger partial charge on any atom is 0.417 e. The number of nitrogens with zero attached hydrogens (tertiary/aromatic N) is 3. The molecule has 0 fully saturated rings. The van der Waals surface area contributed by atoms with Crippen LogP contribution in [-0.4, -0.2) is 26.6 Å². The second-order valence-electron chi connectivity index (χ2n) is 6.11. The van der Waals surface area contributed by atoms with Gasteiger partial charge < -0.3 is 5.32 Å². The highest BCUT2D eigenvalue weighted by molar-refractivity contribution is 8.00. The number of carbonyl (C=O) groups is 1. The Labute approximate surface area is 170 Å². The van der Waals surface area contributed by atoms with Crippen molar-refractivity contribution in [3.05, 3.63) is 39.6 Å². The summed E-state index contributed by atoms with van der Waals surface area (Å²) >= 11 is 8.73. The van der Waals surface area contributed by atoms with E-state index < -0.39 is 17.6 Å². The van der Waals surface area contributed by atoms with E-state index in [9.17, 15) is 18.0 Å². The summed E-state index contributed by atoms with van der Waals surface area (Å²) in [4.78, 5) is 26.7. The summed E-state index contributed by atoms with van der Waals surface area (Å²) in [7, 11) is 0. The van der Waals surface area contributed by atoms with E-state index in [2.05, 4.69) is 20.3 Å². The highest BCUT2D eigenvalue weighted by atomic mass is 35.5. The van der Waals surface area contributed by atoms with Crippen LogP contribution in [0.3, 0.4) is 0 Å². The smallest absolute Gasteiger partial charge is 0.309 e. The first-order chi connectivity index (χ1) is 13.3. The lowest BCUT2D eigenvalue weighted by Crippen LogP contribution is -2.16. The largest absolute Gasteiger partial charge is 0.417 e. The molecule has 0 spiro atoms. The topological polar surface area (TPSA) is 67.8 Å². The summed E-state index contributed by atoms with van der Waals surface area (Å²) < 4.78 is 38.0. The van der Waals surface area contributed by atoms with Gasteiger partial charge in [-0.2, -0.15) is 13.2 Å². The Kier molecular flexibility index (Phi) is 5.19. The number of amides is 1. The molecule has 1 aliphatic carbocycles. The van der Waals surface area contributed by atoms with Gasteiger partial charge in [0.25, 0.3) is 0 Å². The van der Waals surface area contributed by atoms with Crippen molar-refractivity contribution < 1.29 is 18.0 Å². The second kappa shape index (κ2) is 7.49. The Morgan fingerprint density at radius 2 is 2.11 bits per heavy atom. The summed E-state index contributed by atoms with van der Waals surface area (Å²) in [5, 5.41) is 3.90. The van der Waals surface area contributed by atoms with Crippen LogP contribution in [0.4, 0.5) is 19.0 Å². The van der Waals surface area contributed by atoms with Crippen molar-refractivity contribution in [1.29, 1.82) is 0 Å². The van der Waals surface area contributed by atoms with Crippen molar-refractivity contribution in [1.82, 2.24) is 15.0 Å². The minimum absolute atomic E-state index is 0.0236. The number of aryl methyl sites for hydroxylation is 2. The van der Waals surface area contributed by atoms with Gasteiger partial charge in [0.1, 0.15) is 16.2 Å². The highest BCUT2D eigenvalue weighted by Crippen LogP contribution is 2.40. The fourth-order valence-corrected chi connectivity index (χ4v) is 5.33. The highest BCUT2D eigenvalue weighted by Gasteiger charge is 2.31. The molecule has 1 amide bonds. The number of anilines is 1. The van der Waals surface area contributed by atoms with Crippen LogP contribution in [0.1, 0.15) is 22.4 Å². The van der Waals surface area contributed by atoms with E-state index in [-0.39, 0.29) is 16.6 Å². The average Bonchev–Trinajstić information content (AvgIpc) is 3.21. The quantitative estimate of drug-likeness (QED) is 0.454. The second-order valence-corrected chi connectivity index (χ2v) is 8.56. The Morgan fingerprint density at radius 3 is 2.86 bits per heavy atom. The third-order valence-electron chi connectivity index (χ3n) is 4.23. The summed E-state index contributed by atoms with van der Waals surface area (Å²) in [6.45, 7) is 0. The van der Waals surface area contributed by atoms with Gasteiger partial charge in [-0.05, 0) is 30.9 Å². The molecule has 1 N–H and O–H groups in total. The normalized spacial score (nSPS) is 13.7. The zero-order chi connectivity index (χ0) is 19.9. The first-order valence-corrected chi connectivity index (χ1v) is 10.4. The monoisotopic (exact) mass is 444 g/mol. The Balaban J connectivity index is 1.46. The number of nitrogens with one attached hydrogen (secondary N) is 1. The number of alkyl halides is 3. The lowest BCUT2D eigenvalue weighted by Gasteiger charge is -2.10. The minimum atomic E-state index is -4.55. The van der Waals surface area contributed by atoms with Crippen molar-refractivity contribution in [2.45, 2.75) is 30.5 Å². The van der Waals surface area contributed by atoms with E-state index in [4.69, 9.17) is 11.6 Å². The van der Waals surface area contributed by atoms with Crippen LogP contribution in [0, 0.1) is 0 Å². The molecule has 1 aliphatic rings. The maximum atomic E-state index is 12.7. The molecule has 0 aromatic carbocycles. The number of thioether (sulfide) groups is 1. The molecule has 0 radical (unpaired) electrons. The Morgan fingerprint density at radius 1 is 1.29 bits per heavy atom. The zero-order valence-electron chi connectivity index (χ0n) is 14.1. The van der Waals surface area contributed by atoms with E-state index >= 15 is 0 Å². The molecule has 0 saturated carbocycles. The van der Waals surface area contributed by atoms with Gasteiger partial charge in [0.2, 0.25) is 5.91 Å². The number of carbonyl (C=O) groups excluding carboxylic acids is 1. The van der Waals surface area contributed by atoms with Crippen LogP contribution >= 0.6 is 34.7 Å². The van der Waals surface area contributed by atoms with Crippen LogP contribution < -0.4 is 5.32 Å². The SMILES string of the molecule is O=C(CSc1ncnc2sc3c(c12)CCC3)Nc1ncc(C(F)(F)F)cc1Cl. The average molecular weight is 445 g/mol. The van der Waals surface area contributed by atoms with Gasteiger partial charge >= 0.3 is 6.18 Å². The van der Waals surface area contributed by atoms with Gasteiger partial charge in [0.15, 0.2) is 5.82 Å². The summed E-state index contributed by atoms with van der Waals surface area (Å²) in [6.07, 6.45) is 0.690. The third-order valence-corrected chi connectivity index (χ3v) is 6.71. The number of halogens is 4. The van der Waals surface area contributed by atoms with Gasteiger partial charge in [0, 0.05) is 16.5 Å². The number of rotatable bonds is 4. The lowest BCUT2D eigenvalue weighted by molar-refractivity contribution is -0.137. The molecule has 0 aliphatic heterocycles. The standard InChI is InChI=1S/C17H12ClF3N4OS2/c18-10-4-8(17(19,20)21)5-22-14(10)25-12(26)6-27-15-13-9-2-1-3-11(9)28-16(13)24-7-23-15/h4-5,7H,1-3,6H2,(H,22,25,26). The van der Waals surface area contributed by atoms with Crippen LogP contribution in [0.5, 0.6) is 0 Å². The summed E-state index contributed by atoms with van der Waals surface area (Å²) in [6, 6.07) is 0.736. The molecule has 0 unspecified atom stereocenters. The van der Waals surface area contributed by atoms with Gasteiger partial charge in [-0.1, -0.05) is 23.4 Å². The number of hydrogen-bond donors (Lipinski definition) is 1. The van der Waals surface area contributed by atoms with Gasteiger partial charge in [-0.25, -0.2) is 15.0 Å². The van der Waals surface area contributed by atoms with Crippen LogP contribution in [0.25, 0.3) is 10.2 Å². The number of hydrogen-bond acceptors (Lipinski definition) is 6. The van der Waals surface area contributed by atoms with Gasteiger partial charge in [-0.3, -0.25) is 4.79 Å². The molecule has 146 valence electrons. The number of fused-ring (bicyclic) bond motifs is 3. The molecule has 0 atom stereocenters. The molecular weight excluding hydrogens is 433 g/mol. The first kappa shape index (κ1) is 19.4. The Hall–Kier alpha value is -1.91. The molecule has 3 aromatic rings. The zero-order valence-corrected chi connectivity index (χ0v) is 16.5. The molecule has 4 rings (SSSR count). The molecule has 3 heterocycles. The predicted octanol–water partition coefficient (Wildman–Crippen LogP) is 4.98. The molecule has 3 aromatic heterocycles. The van der Waals surface area contributed by atoms with E-state index in [0.29, 0.717) is 6.20 Å². The molecule has 11 heteroatoms. The van der Waals surface area contributed by atoms with Crippen molar-refractivity contribution in [2.75, 3.05) is 11.1 Å². The van der Waals surface area contributed by atoms with Crippen molar-refractivity contribution in [3.63, 3.8) is 0 Å². The molecule has 0 saturated heterocycles. The first-order valence-electron chi connectivity index (χ1n) is 8.23. The molecular formula is C17H12ClF3N4OS2. The predicted molar refractivity (Wildman–Crippen MR) is 103 cm³/mol. The van der Waals surface area contributed by atoms with Crippen molar-refractivity contribution >= 4 is 56.6 Å². The maximum absolute atomic E-state index is 12.7. The minimum Gasteiger partial charge on any atom is -0.309 e. The summed E-state index contributed by atoms with van der Waals surface area (Å²) in [5.41, 5.74) is 0.288. The number of aromatic nitrogens is 3. The molecule has 28 heavy (non-hydrogen) atoms. The number of pyridine rings is 1. The van der Waals surface area contributed by atoms with E-state index in [0.717, 1.165) is 40.6 Å². The third kappa shape index (κ3) is 3.81. The van der Waals surface area contributed by atoms with E-state index in [1.165, 1.54) is 28.5 Å². The fraction of sp³-hybridized carbons (Fsp3) is 0.294. The fourth-order valence-electron chi connectivity index (χ4n) is 3.00. The summed E-state index contributed by atoms with van der Waals surface area (Å²) in [5.74, 6) is -0.516. The van der Waals surface area contributed by atoms with Crippen LogP contribution in [0.15, 0.2) is 23.6 Å². The van der Waals surface area contributed by atoms with Gasteiger partial charge in [-0.15, -0.1) is 11.3 Å². The molecule has 0 bridgehead atoms. The van der Waals surface area contributed by atoms with Crippen LogP contribution in [0.2, 0.25) is 5.02 Å². The molecule has 5 nitrogen and oxygen atoms in total. The van der Waals surface area contributed by atoms with E-state index in [1.54, 1.807) is 11.3 Å². The van der Waals surface area contributed by atoms with Crippen molar-refractivity contribution in [3.8, 4) is 0 Å².